The van der Waals surface area contributed by atoms with Gasteiger partial charge in [-0.25, -0.2) is 0 Å². The molecule has 20 heavy (non-hydrogen) atoms. The van der Waals surface area contributed by atoms with Crippen molar-refractivity contribution in [2.45, 2.75) is 18.9 Å². The highest BCUT2D eigenvalue weighted by molar-refractivity contribution is 6.42. The van der Waals surface area contributed by atoms with E-state index >= 15 is 0 Å². The van der Waals surface area contributed by atoms with E-state index in [4.69, 9.17) is 33.2 Å². The van der Waals surface area contributed by atoms with Crippen molar-refractivity contribution in [3.05, 3.63) is 33.8 Å². The summed E-state index contributed by atoms with van der Waals surface area (Å²) in [7, 11) is 0. The standard InChI is InChI=1S/C14H14Cl2N2O2/c15-11-3-1-2-10(14(11)16)12(6-17)18-13(19)8-20-7-9-4-5-9/h1-3,9,12H,4-5,7-8H2,(H,18,19). The molecular weight excluding hydrogens is 299 g/mol. The average Bonchev–Trinajstić information content (AvgIpc) is 3.24. The van der Waals surface area contributed by atoms with Gasteiger partial charge in [0.05, 0.1) is 22.7 Å². The van der Waals surface area contributed by atoms with Gasteiger partial charge in [0.15, 0.2) is 0 Å². The molecule has 1 fully saturated rings. The number of rotatable bonds is 6. The van der Waals surface area contributed by atoms with Gasteiger partial charge in [-0.2, -0.15) is 5.26 Å². The van der Waals surface area contributed by atoms with Gasteiger partial charge in [0.25, 0.3) is 0 Å². The minimum Gasteiger partial charge on any atom is -0.371 e. The zero-order valence-corrected chi connectivity index (χ0v) is 12.2. The SMILES string of the molecule is N#CC(NC(=O)COCC1CC1)c1cccc(Cl)c1Cl. The van der Waals surface area contributed by atoms with Crippen LogP contribution in [0.15, 0.2) is 18.2 Å². The summed E-state index contributed by atoms with van der Waals surface area (Å²) in [6.45, 7) is 0.551. The molecule has 1 saturated carbocycles. The maximum absolute atomic E-state index is 11.7. The van der Waals surface area contributed by atoms with E-state index in [2.05, 4.69) is 5.32 Å². The quantitative estimate of drug-likeness (QED) is 0.878. The van der Waals surface area contributed by atoms with Crippen LogP contribution in [0.5, 0.6) is 0 Å². The molecule has 1 unspecified atom stereocenters. The van der Waals surface area contributed by atoms with Crippen LogP contribution < -0.4 is 5.32 Å². The molecule has 1 aliphatic carbocycles. The zero-order chi connectivity index (χ0) is 14.5. The molecule has 0 radical (unpaired) electrons. The molecule has 0 bridgehead atoms. The van der Waals surface area contributed by atoms with Crippen molar-refractivity contribution in [2.75, 3.05) is 13.2 Å². The summed E-state index contributed by atoms with van der Waals surface area (Å²) in [6.07, 6.45) is 2.33. The first-order valence-electron chi connectivity index (χ1n) is 6.32. The van der Waals surface area contributed by atoms with Gasteiger partial charge in [0.2, 0.25) is 5.91 Å². The number of nitrogens with one attached hydrogen (secondary N) is 1. The van der Waals surface area contributed by atoms with Crippen molar-refractivity contribution in [3.63, 3.8) is 0 Å². The van der Waals surface area contributed by atoms with Crippen LogP contribution >= 0.6 is 23.2 Å². The molecule has 1 amide bonds. The third kappa shape index (κ3) is 4.11. The lowest BCUT2D eigenvalue weighted by molar-refractivity contribution is -0.126. The summed E-state index contributed by atoms with van der Waals surface area (Å²) in [6, 6.07) is 6.13. The molecule has 0 spiro atoms. The Bertz CT molecular complexity index is 538. The van der Waals surface area contributed by atoms with Crippen molar-refractivity contribution in [1.82, 2.24) is 5.32 Å². The first kappa shape index (κ1) is 15.1. The van der Waals surface area contributed by atoms with Gasteiger partial charge >= 0.3 is 0 Å². The number of benzene rings is 1. The molecule has 0 aromatic heterocycles. The van der Waals surface area contributed by atoms with Crippen molar-refractivity contribution < 1.29 is 9.53 Å². The second-order valence-electron chi connectivity index (χ2n) is 4.73. The Balaban J connectivity index is 1.92. The van der Waals surface area contributed by atoms with Gasteiger partial charge in [-0.05, 0) is 24.8 Å². The van der Waals surface area contributed by atoms with Gasteiger partial charge in [-0.3, -0.25) is 4.79 Å². The Hall–Kier alpha value is -1.28. The highest BCUT2D eigenvalue weighted by Crippen LogP contribution is 2.30. The highest BCUT2D eigenvalue weighted by atomic mass is 35.5. The number of amides is 1. The van der Waals surface area contributed by atoms with E-state index in [1.807, 2.05) is 6.07 Å². The number of nitrogens with zero attached hydrogens (tertiary/aromatic N) is 1. The minimum absolute atomic E-state index is 0.0487. The Labute approximate surface area is 127 Å². The third-order valence-corrected chi connectivity index (χ3v) is 3.84. The van der Waals surface area contributed by atoms with Gasteiger partial charge in [0, 0.05) is 5.56 Å². The monoisotopic (exact) mass is 312 g/mol. The Morgan fingerprint density at radius 3 is 2.90 bits per heavy atom. The fraction of sp³-hybridized carbons (Fsp3) is 0.429. The van der Waals surface area contributed by atoms with Crippen molar-refractivity contribution >= 4 is 29.1 Å². The van der Waals surface area contributed by atoms with Crippen LogP contribution in [0, 0.1) is 17.2 Å². The van der Waals surface area contributed by atoms with Crippen LogP contribution in [0.3, 0.4) is 0 Å². The number of halogens is 2. The van der Waals surface area contributed by atoms with Gasteiger partial charge < -0.3 is 10.1 Å². The number of ether oxygens (including phenoxy) is 1. The number of hydrogen-bond donors (Lipinski definition) is 1. The summed E-state index contributed by atoms with van der Waals surface area (Å²) >= 11 is 11.9. The van der Waals surface area contributed by atoms with E-state index in [1.54, 1.807) is 18.2 Å². The lowest BCUT2D eigenvalue weighted by Gasteiger charge is -2.14. The van der Waals surface area contributed by atoms with E-state index < -0.39 is 6.04 Å². The molecule has 1 N–H and O–H groups in total. The van der Waals surface area contributed by atoms with E-state index in [1.165, 1.54) is 12.8 Å². The highest BCUT2D eigenvalue weighted by Gasteiger charge is 2.22. The summed E-state index contributed by atoms with van der Waals surface area (Å²) in [5.74, 6) is 0.255. The molecule has 4 nitrogen and oxygen atoms in total. The van der Waals surface area contributed by atoms with Crippen LogP contribution in [0.1, 0.15) is 24.4 Å². The summed E-state index contributed by atoms with van der Waals surface area (Å²) in [5, 5.41) is 12.4. The number of nitriles is 1. The maximum Gasteiger partial charge on any atom is 0.247 e. The van der Waals surface area contributed by atoms with E-state index in [-0.39, 0.29) is 17.5 Å². The van der Waals surface area contributed by atoms with Crippen molar-refractivity contribution in [2.24, 2.45) is 5.92 Å². The number of carbonyl (C=O) groups is 1. The second-order valence-corrected chi connectivity index (χ2v) is 5.52. The second kappa shape index (κ2) is 6.94. The molecule has 0 saturated heterocycles. The van der Waals surface area contributed by atoms with Gasteiger partial charge in [-0.1, -0.05) is 35.3 Å². The molecule has 1 aromatic rings. The summed E-state index contributed by atoms with van der Waals surface area (Å²) < 4.78 is 5.27. The van der Waals surface area contributed by atoms with Crippen LogP contribution in [0.2, 0.25) is 10.0 Å². The normalized spacial score (nSPS) is 15.4. The number of hydrogen-bond acceptors (Lipinski definition) is 3. The largest absolute Gasteiger partial charge is 0.371 e. The smallest absolute Gasteiger partial charge is 0.247 e. The molecule has 0 heterocycles. The first-order valence-corrected chi connectivity index (χ1v) is 7.08. The van der Waals surface area contributed by atoms with Gasteiger partial charge in [-0.15, -0.1) is 0 Å². The lowest BCUT2D eigenvalue weighted by atomic mass is 10.1. The fourth-order valence-corrected chi connectivity index (χ4v) is 2.15. The molecule has 0 aliphatic heterocycles. The fourth-order valence-electron chi connectivity index (χ4n) is 1.73. The number of carbonyl (C=O) groups excluding carboxylic acids is 1. The van der Waals surface area contributed by atoms with Crippen LogP contribution in [0.4, 0.5) is 0 Å². The summed E-state index contributed by atoms with van der Waals surface area (Å²) in [5.41, 5.74) is 0.484. The predicted octanol–water partition coefficient (Wildman–Crippen LogP) is 3.10. The zero-order valence-electron chi connectivity index (χ0n) is 10.7. The maximum atomic E-state index is 11.7. The van der Waals surface area contributed by atoms with Crippen LogP contribution in [-0.2, 0) is 9.53 Å². The lowest BCUT2D eigenvalue weighted by Crippen LogP contribution is -2.31. The molecule has 2 rings (SSSR count). The molecule has 106 valence electrons. The van der Waals surface area contributed by atoms with Crippen molar-refractivity contribution in [3.8, 4) is 6.07 Å². The Morgan fingerprint density at radius 2 is 2.25 bits per heavy atom. The molecule has 1 aliphatic rings. The van der Waals surface area contributed by atoms with E-state index in [0.29, 0.717) is 23.1 Å². The Morgan fingerprint density at radius 1 is 1.50 bits per heavy atom. The van der Waals surface area contributed by atoms with Crippen LogP contribution in [-0.4, -0.2) is 19.1 Å². The van der Waals surface area contributed by atoms with Crippen LogP contribution in [0.25, 0.3) is 0 Å². The van der Waals surface area contributed by atoms with E-state index in [9.17, 15) is 4.79 Å². The summed E-state index contributed by atoms with van der Waals surface area (Å²) in [4.78, 5) is 11.7. The third-order valence-electron chi connectivity index (χ3n) is 3.01. The first-order chi connectivity index (χ1) is 9.61. The Kier molecular flexibility index (Phi) is 5.24. The topological polar surface area (TPSA) is 62.1 Å². The molecule has 1 aromatic carbocycles. The van der Waals surface area contributed by atoms with Gasteiger partial charge in [0.1, 0.15) is 12.6 Å². The predicted molar refractivity (Wildman–Crippen MR) is 76.5 cm³/mol. The minimum atomic E-state index is -0.835. The van der Waals surface area contributed by atoms with E-state index in [0.717, 1.165) is 0 Å². The van der Waals surface area contributed by atoms with Crippen molar-refractivity contribution in [1.29, 1.82) is 5.26 Å². The molecular formula is C14H14Cl2N2O2. The average molecular weight is 313 g/mol. The molecule has 1 atom stereocenters. The molecule has 6 heteroatoms.